The molecule has 3 rings (SSSR count). The molecule has 0 radical (unpaired) electrons. The predicted octanol–water partition coefficient (Wildman–Crippen LogP) is 2.53. The molecule has 122 valence electrons. The van der Waals surface area contributed by atoms with Crippen LogP contribution in [0.2, 0.25) is 0 Å². The van der Waals surface area contributed by atoms with Crippen molar-refractivity contribution in [3.63, 3.8) is 0 Å². The lowest BCUT2D eigenvalue weighted by Crippen LogP contribution is -2.48. The number of likely N-dealkylation sites (tertiary alicyclic amines) is 1. The van der Waals surface area contributed by atoms with Crippen molar-refractivity contribution < 1.29 is 9.21 Å². The lowest BCUT2D eigenvalue weighted by molar-refractivity contribution is -0.133. The number of oxazole rings is 1. The molecule has 1 aromatic heterocycles. The van der Waals surface area contributed by atoms with Gasteiger partial charge in [-0.25, -0.2) is 4.98 Å². The smallest absolute Gasteiger partial charge is 0.228 e. The minimum Gasteiger partial charge on any atom is -0.441 e. The Morgan fingerprint density at radius 1 is 1.39 bits per heavy atom. The summed E-state index contributed by atoms with van der Waals surface area (Å²) in [5, 5.41) is 0. The number of nitrogens with two attached hydrogens (primary N) is 1. The maximum Gasteiger partial charge on any atom is 0.228 e. The average molecular weight is 313 g/mol. The number of aryl methyl sites for hydroxylation is 1. The van der Waals surface area contributed by atoms with Gasteiger partial charge in [0.05, 0.1) is 12.1 Å². The molecule has 5 nitrogen and oxygen atoms in total. The van der Waals surface area contributed by atoms with Gasteiger partial charge in [-0.2, -0.15) is 0 Å². The van der Waals surface area contributed by atoms with E-state index < -0.39 is 0 Å². The molecular formula is C18H23N3O2. The number of nitrogens with zero attached hydrogens (tertiary/aromatic N) is 2. The Morgan fingerprint density at radius 3 is 2.83 bits per heavy atom. The topological polar surface area (TPSA) is 72.4 Å². The summed E-state index contributed by atoms with van der Waals surface area (Å²) in [6, 6.07) is 10.1. The molecule has 0 saturated carbocycles. The van der Waals surface area contributed by atoms with Crippen molar-refractivity contribution in [2.45, 2.75) is 45.2 Å². The second-order valence-corrected chi connectivity index (χ2v) is 6.29. The summed E-state index contributed by atoms with van der Waals surface area (Å²) < 4.78 is 5.73. The number of carbonyl (C=O) groups excluding carboxylic acids is 1. The van der Waals surface area contributed by atoms with E-state index >= 15 is 0 Å². The van der Waals surface area contributed by atoms with E-state index in [9.17, 15) is 4.79 Å². The highest BCUT2D eigenvalue weighted by Crippen LogP contribution is 2.23. The third kappa shape index (κ3) is 3.45. The minimum absolute atomic E-state index is 0.0976. The van der Waals surface area contributed by atoms with Crippen LogP contribution in [-0.2, 0) is 11.2 Å². The number of rotatable bonds is 3. The van der Waals surface area contributed by atoms with Crippen molar-refractivity contribution in [3.05, 3.63) is 41.8 Å². The van der Waals surface area contributed by atoms with E-state index in [0.29, 0.717) is 11.7 Å². The van der Waals surface area contributed by atoms with Crippen LogP contribution in [0.4, 0.5) is 0 Å². The fourth-order valence-electron chi connectivity index (χ4n) is 3.12. The zero-order valence-corrected chi connectivity index (χ0v) is 13.7. The molecule has 2 heterocycles. The van der Waals surface area contributed by atoms with Crippen molar-refractivity contribution in [2.75, 3.05) is 6.54 Å². The lowest BCUT2D eigenvalue weighted by atomic mass is 9.98. The summed E-state index contributed by atoms with van der Waals surface area (Å²) in [7, 11) is 0. The molecule has 0 spiro atoms. The molecule has 1 aliphatic heterocycles. The van der Waals surface area contributed by atoms with Gasteiger partial charge in [0.1, 0.15) is 5.76 Å². The summed E-state index contributed by atoms with van der Waals surface area (Å²) >= 11 is 0. The molecule has 2 aromatic rings. The molecule has 5 heteroatoms. The summed E-state index contributed by atoms with van der Waals surface area (Å²) in [5.41, 5.74) is 7.61. The van der Waals surface area contributed by atoms with Crippen molar-refractivity contribution in [1.29, 1.82) is 0 Å². The van der Waals surface area contributed by atoms with Crippen LogP contribution in [0, 0.1) is 6.92 Å². The Kier molecular flexibility index (Phi) is 4.48. The zero-order valence-electron chi connectivity index (χ0n) is 13.7. The molecule has 2 N–H and O–H groups in total. The Labute approximate surface area is 136 Å². The molecule has 1 amide bonds. The fraction of sp³-hybridized carbons (Fsp3) is 0.444. The molecular weight excluding hydrogens is 290 g/mol. The van der Waals surface area contributed by atoms with Gasteiger partial charge in [-0.05, 0) is 38.8 Å². The van der Waals surface area contributed by atoms with Crippen LogP contribution in [0.1, 0.15) is 31.2 Å². The van der Waals surface area contributed by atoms with Crippen molar-refractivity contribution >= 4 is 5.91 Å². The van der Waals surface area contributed by atoms with Crippen LogP contribution in [0.15, 0.2) is 34.7 Å². The standard InChI is InChI=1S/C18H23N3O2/c1-12-10-15(19)8-9-21(12)17(22)11-16-13(2)23-18(20-16)14-6-4-3-5-7-14/h3-7,12,15H,8-11,19H2,1-2H3/t12-,15-/m0/s1. The maximum absolute atomic E-state index is 12.6. The van der Waals surface area contributed by atoms with E-state index in [4.69, 9.17) is 10.2 Å². The molecule has 1 fully saturated rings. The second kappa shape index (κ2) is 6.54. The number of carbonyl (C=O) groups is 1. The van der Waals surface area contributed by atoms with Gasteiger partial charge < -0.3 is 15.1 Å². The monoisotopic (exact) mass is 313 g/mol. The molecule has 23 heavy (non-hydrogen) atoms. The fourth-order valence-corrected chi connectivity index (χ4v) is 3.12. The first kappa shape index (κ1) is 15.7. The molecule has 1 aromatic carbocycles. The van der Waals surface area contributed by atoms with Crippen molar-refractivity contribution in [3.8, 4) is 11.5 Å². The summed E-state index contributed by atoms with van der Waals surface area (Å²) in [6.07, 6.45) is 2.00. The third-order valence-electron chi connectivity index (χ3n) is 4.47. The van der Waals surface area contributed by atoms with Gasteiger partial charge >= 0.3 is 0 Å². The molecule has 1 saturated heterocycles. The van der Waals surface area contributed by atoms with Crippen LogP contribution < -0.4 is 5.73 Å². The summed E-state index contributed by atoms with van der Waals surface area (Å²) in [6.45, 7) is 4.64. The van der Waals surface area contributed by atoms with Crippen LogP contribution in [-0.4, -0.2) is 34.4 Å². The van der Waals surface area contributed by atoms with E-state index in [1.54, 1.807) is 0 Å². The van der Waals surface area contributed by atoms with Crippen molar-refractivity contribution in [1.82, 2.24) is 9.88 Å². The van der Waals surface area contributed by atoms with E-state index in [1.807, 2.05) is 42.2 Å². The van der Waals surface area contributed by atoms with E-state index in [-0.39, 0.29) is 24.4 Å². The Hall–Kier alpha value is -2.14. The number of benzene rings is 1. The largest absolute Gasteiger partial charge is 0.441 e. The number of hydrogen-bond donors (Lipinski definition) is 1. The van der Waals surface area contributed by atoms with Crippen LogP contribution in [0.3, 0.4) is 0 Å². The van der Waals surface area contributed by atoms with Gasteiger partial charge in [0.25, 0.3) is 0 Å². The second-order valence-electron chi connectivity index (χ2n) is 6.29. The zero-order chi connectivity index (χ0) is 16.4. The van der Waals surface area contributed by atoms with Gasteiger partial charge in [-0.1, -0.05) is 18.2 Å². The predicted molar refractivity (Wildman–Crippen MR) is 88.8 cm³/mol. The highest BCUT2D eigenvalue weighted by atomic mass is 16.4. The third-order valence-corrected chi connectivity index (χ3v) is 4.47. The lowest BCUT2D eigenvalue weighted by Gasteiger charge is -2.36. The van der Waals surface area contributed by atoms with Gasteiger partial charge in [0.15, 0.2) is 0 Å². The summed E-state index contributed by atoms with van der Waals surface area (Å²) in [4.78, 5) is 19.0. The first-order valence-electron chi connectivity index (χ1n) is 8.11. The highest BCUT2D eigenvalue weighted by Gasteiger charge is 2.28. The van der Waals surface area contributed by atoms with E-state index in [1.165, 1.54) is 0 Å². The molecule has 0 bridgehead atoms. The van der Waals surface area contributed by atoms with E-state index in [0.717, 1.165) is 30.6 Å². The van der Waals surface area contributed by atoms with Gasteiger partial charge in [0.2, 0.25) is 11.8 Å². The first-order chi connectivity index (χ1) is 11.0. The Bertz CT molecular complexity index is 681. The van der Waals surface area contributed by atoms with Crippen molar-refractivity contribution in [2.24, 2.45) is 5.73 Å². The van der Waals surface area contributed by atoms with Gasteiger partial charge in [-0.15, -0.1) is 0 Å². The first-order valence-corrected chi connectivity index (χ1v) is 8.11. The molecule has 1 aliphatic rings. The SMILES string of the molecule is Cc1oc(-c2ccccc2)nc1CC(=O)N1CC[C@H](N)C[C@@H]1C. The number of aromatic nitrogens is 1. The summed E-state index contributed by atoms with van der Waals surface area (Å²) in [5.74, 6) is 1.37. The van der Waals surface area contributed by atoms with Crippen LogP contribution >= 0.6 is 0 Å². The van der Waals surface area contributed by atoms with Gasteiger partial charge in [0, 0.05) is 24.2 Å². The normalized spacial score (nSPS) is 21.4. The molecule has 0 unspecified atom stereocenters. The minimum atomic E-state index is 0.0976. The Balaban J connectivity index is 1.73. The van der Waals surface area contributed by atoms with E-state index in [2.05, 4.69) is 11.9 Å². The Morgan fingerprint density at radius 2 is 2.13 bits per heavy atom. The quantitative estimate of drug-likeness (QED) is 0.945. The maximum atomic E-state index is 12.6. The van der Waals surface area contributed by atoms with Crippen LogP contribution in [0.5, 0.6) is 0 Å². The number of amides is 1. The number of piperidine rings is 1. The molecule has 0 aliphatic carbocycles. The molecule has 2 atom stereocenters. The highest BCUT2D eigenvalue weighted by molar-refractivity contribution is 5.79. The number of hydrogen-bond acceptors (Lipinski definition) is 4. The van der Waals surface area contributed by atoms with Crippen LogP contribution in [0.25, 0.3) is 11.5 Å². The van der Waals surface area contributed by atoms with Gasteiger partial charge in [-0.3, -0.25) is 4.79 Å². The average Bonchev–Trinajstić information content (AvgIpc) is 2.89.